The van der Waals surface area contributed by atoms with Crippen molar-refractivity contribution < 1.29 is 4.79 Å². The molecule has 4 aromatic rings. The van der Waals surface area contributed by atoms with Crippen LogP contribution in [0.5, 0.6) is 0 Å². The van der Waals surface area contributed by atoms with Crippen molar-refractivity contribution in [3.63, 3.8) is 0 Å². The quantitative estimate of drug-likeness (QED) is 0.343. The summed E-state index contributed by atoms with van der Waals surface area (Å²) in [7, 11) is 0. The number of carbonyl (C=O) groups is 1. The number of carbonyl (C=O) groups excluding carboxylic acids is 1. The fraction of sp³-hybridized carbons (Fsp3) is 0.233. The Morgan fingerprint density at radius 2 is 1.75 bits per heavy atom. The fourth-order valence-corrected chi connectivity index (χ4v) is 5.18. The van der Waals surface area contributed by atoms with E-state index >= 15 is 0 Å². The van der Waals surface area contributed by atoms with E-state index in [0.717, 1.165) is 52.4 Å². The molecular weight excluding hydrogens is 446 g/mol. The number of fused-ring (bicyclic) bond motifs is 1. The minimum Gasteiger partial charge on any atom is -0.345 e. The number of para-hydroxylation sites is 1. The van der Waals surface area contributed by atoms with Crippen LogP contribution in [0, 0.1) is 0 Å². The van der Waals surface area contributed by atoms with Gasteiger partial charge in [0.05, 0.1) is 29.6 Å². The minimum atomic E-state index is -0.455. The summed E-state index contributed by atoms with van der Waals surface area (Å²) in [5, 5.41) is 3.04. The van der Waals surface area contributed by atoms with Gasteiger partial charge < -0.3 is 15.2 Å². The number of aromatic nitrogens is 2. The standard InChI is InChI=1S/C30H29N5O/c36-30-28(25-5-1-2-6-26(25)34-30)29(33-24-13-11-22(12-14-24)27-19-31-20-32-27)23-9-7-21(8-10-23)15-18-35-16-3-4-17-35/h1-2,5-14,19-20,28H,3-4,15-18H2,(H,31,32)(H,34,36). The lowest BCUT2D eigenvalue weighted by molar-refractivity contribution is -0.115. The normalized spacial score (nSPS) is 17.8. The summed E-state index contributed by atoms with van der Waals surface area (Å²) in [6.07, 6.45) is 7.13. The molecule has 1 aromatic heterocycles. The first kappa shape index (κ1) is 22.4. The Hall–Kier alpha value is -4.03. The topological polar surface area (TPSA) is 73.4 Å². The number of aromatic amines is 1. The van der Waals surface area contributed by atoms with Crippen LogP contribution in [0.2, 0.25) is 0 Å². The van der Waals surface area contributed by atoms with Crippen LogP contribution in [-0.4, -0.2) is 46.1 Å². The van der Waals surface area contributed by atoms with E-state index in [1.807, 2.05) is 48.5 Å². The molecule has 3 aromatic carbocycles. The number of nitrogens with one attached hydrogen (secondary N) is 2. The Bertz CT molecular complexity index is 1370. The van der Waals surface area contributed by atoms with Gasteiger partial charge in [-0.05, 0) is 72.8 Å². The second-order valence-corrected chi connectivity index (χ2v) is 9.51. The largest absolute Gasteiger partial charge is 0.345 e. The summed E-state index contributed by atoms with van der Waals surface area (Å²) in [5.41, 5.74) is 7.67. The molecule has 2 N–H and O–H groups in total. The maximum Gasteiger partial charge on any atom is 0.238 e. The maximum absolute atomic E-state index is 13.2. The minimum absolute atomic E-state index is 0.0397. The Morgan fingerprint density at radius 3 is 2.50 bits per heavy atom. The molecule has 1 fully saturated rings. The zero-order valence-electron chi connectivity index (χ0n) is 20.2. The third kappa shape index (κ3) is 4.60. The lowest BCUT2D eigenvalue weighted by Gasteiger charge is -2.16. The van der Waals surface area contributed by atoms with Gasteiger partial charge in [0.15, 0.2) is 0 Å². The molecule has 0 bridgehead atoms. The highest BCUT2D eigenvalue weighted by Crippen LogP contribution is 2.36. The summed E-state index contributed by atoms with van der Waals surface area (Å²) in [6.45, 7) is 3.52. The van der Waals surface area contributed by atoms with Crippen LogP contribution in [-0.2, 0) is 11.2 Å². The molecule has 2 aliphatic heterocycles. The van der Waals surface area contributed by atoms with Gasteiger partial charge in [-0.2, -0.15) is 0 Å². The average Bonchev–Trinajstić information content (AvgIpc) is 3.69. The summed E-state index contributed by atoms with van der Waals surface area (Å²) in [4.78, 5) is 28.0. The molecule has 3 heterocycles. The first-order chi connectivity index (χ1) is 17.7. The third-order valence-electron chi connectivity index (χ3n) is 7.16. The molecule has 0 spiro atoms. The molecule has 1 saturated heterocycles. The number of benzene rings is 3. The maximum atomic E-state index is 13.2. The molecule has 1 atom stereocenters. The number of imidazole rings is 1. The monoisotopic (exact) mass is 475 g/mol. The molecule has 2 aliphatic rings. The number of anilines is 1. The zero-order chi connectivity index (χ0) is 24.3. The van der Waals surface area contributed by atoms with Gasteiger partial charge in [0.2, 0.25) is 5.91 Å². The zero-order valence-corrected chi connectivity index (χ0v) is 20.2. The van der Waals surface area contributed by atoms with Gasteiger partial charge in [-0.25, -0.2) is 4.98 Å². The second kappa shape index (κ2) is 9.91. The van der Waals surface area contributed by atoms with Crippen molar-refractivity contribution in [1.29, 1.82) is 0 Å². The second-order valence-electron chi connectivity index (χ2n) is 9.51. The van der Waals surface area contributed by atoms with Crippen molar-refractivity contribution in [2.24, 2.45) is 4.99 Å². The van der Waals surface area contributed by atoms with E-state index in [0.29, 0.717) is 0 Å². The Morgan fingerprint density at radius 1 is 0.972 bits per heavy atom. The summed E-state index contributed by atoms with van der Waals surface area (Å²) >= 11 is 0. The van der Waals surface area contributed by atoms with Crippen LogP contribution in [0.1, 0.15) is 35.4 Å². The van der Waals surface area contributed by atoms with Gasteiger partial charge in [-0.15, -0.1) is 0 Å². The Balaban J connectivity index is 1.33. The van der Waals surface area contributed by atoms with Gasteiger partial charge in [-0.1, -0.05) is 54.6 Å². The van der Waals surface area contributed by atoms with Crippen molar-refractivity contribution >= 4 is 23.0 Å². The van der Waals surface area contributed by atoms with Crippen molar-refractivity contribution in [3.05, 3.63) is 102 Å². The van der Waals surface area contributed by atoms with Crippen LogP contribution in [0.25, 0.3) is 11.3 Å². The number of nitrogens with zero attached hydrogens (tertiary/aromatic N) is 3. The van der Waals surface area contributed by atoms with E-state index in [-0.39, 0.29) is 5.91 Å². The van der Waals surface area contributed by atoms with E-state index in [4.69, 9.17) is 4.99 Å². The van der Waals surface area contributed by atoms with Gasteiger partial charge >= 0.3 is 0 Å². The molecule has 36 heavy (non-hydrogen) atoms. The number of rotatable bonds is 7. The smallest absolute Gasteiger partial charge is 0.238 e. The highest BCUT2D eigenvalue weighted by molar-refractivity contribution is 6.24. The number of H-pyrrole nitrogens is 1. The number of likely N-dealkylation sites (tertiary alicyclic amines) is 1. The van der Waals surface area contributed by atoms with Crippen LogP contribution in [0.3, 0.4) is 0 Å². The van der Waals surface area contributed by atoms with Crippen LogP contribution < -0.4 is 5.32 Å². The Labute approximate surface area is 211 Å². The van der Waals surface area contributed by atoms with Crippen molar-refractivity contribution in [1.82, 2.24) is 14.9 Å². The molecule has 180 valence electrons. The van der Waals surface area contributed by atoms with E-state index in [9.17, 15) is 4.79 Å². The Kier molecular flexibility index (Phi) is 6.18. The molecule has 1 amide bonds. The van der Waals surface area contributed by atoms with Gasteiger partial charge in [0.25, 0.3) is 0 Å². The van der Waals surface area contributed by atoms with Crippen LogP contribution >= 0.6 is 0 Å². The molecule has 6 heteroatoms. The molecule has 1 unspecified atom stereocenters. The predicted octanol–water partition coefficient (Wildman–Crippen LogP) is 5.57. The molecule has 0 radical (unpaired) electrons. The van der Waals surface area contributed by atoms with Gasteiger partial charge in [0.1, 0.15) is 5.92 Å². The van der Waals surface area contributed by atoms with Crippen molar-refractivity contribution in [3.8, 4) is 11.3 Å². The summed E-state index contributed by atoms with van der Waals surface area (Å²) < 4.78 is 0. The highest BCUT2D eigenvalue weighted by atomic mass is 16.2. The molecule has 0 saturated carbocycles. The van der Waals surface area contributed by atoms with Gasteiger partial charge in [-0.3, -0.25) is 9.79 Å². The van der Waals surface area contributed by atoms with Crippen molar-refractivity contribution in [2.45, 2.75) is 25.2 Å². The van der Waals surface area contributed by atoms with E-state index in [2.05, 4.69) is 44.5 Å². The number of amides is 1. The first-order valence-corrected chi connectivity index (χ1v) is 12.6. The van der Waals surface area contributed by atoms with Crippen LogP contribution in [0.15, 0.2) is 90.3 Å². The molecule has 0 aliphatic carbocycles. The molecule has 6 rings (SSSR count). The fourth-order valence-electron chi connectivity index (χ4n) is 5.18. The summed E-state index contributed by atoms with van der Waals surface area (Å²) in [5.74, 6) is -0.494. The number of hydrogen-bond donors (Lipinski definition) is 2. The van der Waals surface area contributed by atoms with E-state index in [1.54, 1.807) is 12.5 Å². The molecular formula is C30H29N5O. The van der Waals surface area contributed by atoms with Crippen LogP contribution in [0.4, 0.5) is 11.4 Å². The number of aliphatic imine (C=N–C) groups is 1. The van der Waals surface area contributed by atoms with E-state index in [1.165, 1.54) is 31.5 Å². The highest BCUT2D eigenvalue weighted by Gasteiger charge is 2.35. The summed E-state index contributed by atoms with van der Waals surface area (Å²) in [6, 6.07) is 24.5. The third-order valence-corrected chi connectivity index (χ3v) is 7.16. The molecule has 6 nitrogen and oxygen atoms in total. The van der Waals surface area contributed by atoms with Crippen molar-refractivity contribution in [2.75, 3.05) is 25.0 Å². The SMILES string of the molecule is O=C1Nc2ccccc2C1C(=Nc1ccc(-c2cnc[nH]2)cc1)c1ccc(CCN2CCCC2)cc1. The lowest BCUT2D eigenvalue weighted by atomic mass is 9.90. The van der Waals surface area contributed by atoms with E-state index < -0.39 is 5.92 Å². The average molecular weight is 476 g/mol. The predicted molar refractivity (Wildman–Crippen MR) is 144 cm³/mol. The first-order valence-electron chi connectivity index (χ1n) is 12.6. The van der Waals surface area contributed by atoms with Gasteiger partial charge in [0, 0.05) is 12.2 Å². The number of hydrogen-bond acceptors (Lipinski definition) is 4. The lowest BCUT2D eigenvalue weighted by Crippen LogP contribution is -2.22.